The van der Waals surface area contributed by atoms with Crippen molar-refractivity contribution in [1.82, 2.24) is 4.90 Å². The Hall–Kier alpha value is -0.0800. The summed E-state index contributed by atoms with van der Waals surface area (Å²) in [7, 11) is 2.22. The van der Waals surface area contributed by atoms with E-state index in [9.17, 15) is 0 Å². The van der Waals surface area contributed by atoms with Crippen molar-refractivity contribution in [3.05, 3.63) is 0 Å². The van der Waals surface area contributed by atoms with Crippen LogP contribution in [0.5, 0.6) is 0 Å². The van der Waals surface area contributed by atoms with Gasteiger partial charge in [0.2, 0.25) is 0 Å². The molecule has 0 aromatic carbocycles. The number of hydrogen-bond acceptors (Lipinski definition) is 2. The first kappa shape index (κ1) is 12.0. The van der Waals surface area contributed by atoms with Crippen LogP contribution in [0.3, 0.4) is 0 Å². The van der Waals surface area contributed by atoms with E-state index in [0.717, 1.165) is 12.5 Å². The van der Waals surface area contributed by atoms with Crippen molar-refractivity contribution in [2.75, 3.05) is 20.1 Å². The van der Waals surface area contributed by atoms with Crippen LogP contribution in [-0.2, 0) is 0 Å². The van der Waals surface area contributed by atoms with Crippen LogP contribution in [0.4, 0.5) is 0 Å². The van der Waals surface area contributed by atoms with Gasteiger partial charge in [-0.2, -0.15) is 0 Å². The molecule has 0 aromatic rings. The van der Waals surface area contributed by atoms with Crippen LogP contribution >= 0.6 is 0 Å². The van der Waals surface area contributed by atoms with Gasteiger partial charge in [0.05, 0.1) is 0 Å². The van der Waals surface area contributed by atoms with Crippen LogP contribution in [0, 0.1) is 5.92 Å². The van der Waals surface area contributed by atoms with Gasteiger partial charge in [-0.05, 0) is 39.3 Å². The second-order valence-electron chi connectivity index (χ2n) is 5.12. The van der Waals surface area contributed by atoms with Gasteiger partial charge in [-0.25, -0.2) is 0 Å². The lowest BCUT2D eigenvalue weighted by molar-refractivity contribution is 0.0920. The predicted octanol–water partition coefficient (Wildman–Crippen LogP) is 2.24. The van der Waals surface area contributed by atoms with Gasteiger partial charge in [0.25, 0.3) is 0 Å². The molecule has 1 saturated carbocycles. The first-order valence-corrected chi connectivity index (χ1v) is 6.03. The third-order valence-corrected chi connectivity index (χ3v) is 3.87. The normalized spacial score (nSPS) is 22.1. The summed E-state index contributed by atoms with van der Waals surface area (Å²) >= 11 is 0. The molecule has 0 heterocycles. The van der Waals surface area contributed by atoms with Gasteiger partial charge in [0, 0.05) is 12.1 Å². The Morgan fingerprint density at radius 1 is 1.43 bits per heavy atom. The molecule has 1 unspecified atom stereocenters. The van der Waals surface area contributed by atoms with E-state index in [1.54, 1.807) is 0 Å². The van der Waals surface area contributed by atoms with Gasteiger partial charge in [-0.1, -0.05) is 26.2 Å². The molecule has 2 nitrogen and oxygen atoms in total. The average Bonchev–Trinajstić information content (AvgIpc) is 2.11. The van der Waals surface area contributed by atoms with Gasteiger partial charge < -0.3 is 5.73 Å². The molecule has 0 radical (unpaired) electrons. The maximum atomic E-state index is 5.92. The molecular formula is C12H26N2. The van der Waals surface area contributed by atoms with Gasteiger partial charge in [-0.3, -0.25) is 4.90 Å². The molecule has 0 aliphatic heterocycles. The highest BCUT2D eigenvalue weighted by Gasteiger charge is 2.32. The van der Waals surface area contributed by atoms with Gasteiger partial charge in [0.15, 0.2) is 0 Å². The van der Waals surface area contributed by atoms with E-state index in [1.165, 1.54) is 38.6 Å². The van der Waals surface area contributed by atoms with Crippen molar-refractivity contribution in [3.8, 4) is 0 Å². The number of hydrogen-bond donors (Lipinski definition) is 1. The average molecular weight is 198 g/mol. The van der Waals surface area contributed by atoms with E-state index in [2.05, 4.69) is 25.8 Å². The molecule has 2 heteroatoms. The summed E-state index contributed by atoms with van der Waals surface area (Å²) in [6, 6.07) is 0. The highest BCUT2D eigenvalue weighted by molar-refractivity contribution is 4.89. The van der Waals surface area contributed by atoms with E-state index in [1.807, 2.05) is 0 Å². The van der Waals surface area contributed by atoms with Crippen molar-refractivity contribution >= 4 is 0 Å². The first-order chi connectivity index (χ1) is 6.62. The van der Waals surface area contributed by atoms with E-state index >= 15 is 0 Å². The van der Waals surface area contributed by atoms with E-state index in [-0.39, 0.29) is 5.54 Å². The summed E-state index contributed by atoms with van der Waals surface area (Å²) in [5, 5.41) is 0. The maximum absolute atomic E-state index is 5.92. The van der Waals surface area contributed by atoms with E-state index in [4.69, 9.17) is 5.73 Å². The zero-order valence-corrected chi connectivity index (χ0v) is 10.1. The molecule has 1 fully saturated rings. The quantitative estimate of drug-likeness (QED) is 0.709. The molecule has 84 valence electrons. The summed E-state index contributed by atoms with van der Waals surface area (Å²) in [5.41, 5.74) is 6.16. The molecule has 0 bridgehead atoms. The first-order valence-electron chi connectivity index (χ1n) is 6.03. The van der Waals surface area contributed by atoms with Crippen LogP contribution < -0.4 is 5.73 Å². The minimum absolute atomic E-state index is 0.237. The summed E-state index contributed by atoms with van der Waals surface area (Å²) in [4.78, 5) is 2.45. The fourth-order valence-electron chi connectivity index (χ4n) is 2.32. The summed E-state index contributed by atoms with van der Waals surface area (Å²) in [6.07, 6.45) is 6.80. The monoisotopic (exact) mass is 198 g/mol. The summed E-state index contributed by atoms with van der Waals surface area (Å²) in [6.45, 7) is 6.51. The van der Waals surface area contributed by atoms with Crippen molar-refractivity contribution in [3.63, 3.8) is 0 Å². The Kier molecular flexibility index (Phi) is 4.39. The third-order valence-electron chi connectivity index (χ3n) is 3.87. The molecule has 1 aliphatic rings. The van der Waals surface area contributed by atoms with Crippen molar-refractivity contribution in [2.24, 2.45) is 11.7 Å². The van der Waals surface area contributed by atoms with E-state index in [0.29, 0.717) is 0 Å². The van der Waals surface area contributed by atoms with Crippen LogP contribution in [0.1, 0.15) is 46.0 Å². The maximum Gasteiger partial charge on any atom is 0.0303 e. The fraction of sp³-hybridized carbons (Fsp3) is 1.00. The molecule has 0 amide bonds. The number of rotatable bonds is 6. The largest absolute Gasteiger partial charge is 0.329 e. The van der Waals surface area contributed by atoms with Crippen LogP contribution in [0.2, 0.25) is 0 Å². The molecule has 0 saturated heterocycles. The smallest absolute Gasteiger partial charge is 0.0303 e. The number of nitrogens with two attached hydrogens (primary N) is 1. The molecule has 0 spiro atoms. The lowest BCUT2D eigenvalue weighted by Gasteiger charge is -2.42. The van der Waals surface area contributed by atoms with Gasteiger partial charge in [-0.15, -0.1) is 0 Å². The Labute approximate surface area is 88.8 Å². The molecule has 1 rings (SSSR count). The Morgan fingerprint density at radius 2 is 2.07 bits per heavy atom. The van der Waals surface area contributed by atoms with Crippen molar-refractivity contribution in [2.45, 2.75) is 51.5 Å². The Morgan fingerprint density at radius 3 is 2.43 bits per heavy atom. The predicted molar refractivity (Wildman–Crippen MR) is 62.3 cm³/mol. The second kappa shape index (κ2) is 5.13. The van der Waals surface area contributed by atoms with Crippen LogP contribution in [-0.4, -0.2) is 30.6 Å². The third kappa shape index (κ3) is 2.71. The lowest BCUT2D eigenvalue weighted by Crippen LogP contribution is -2.51. The zero-order chi connectivity index (χ0) is 10.6. The molecule has 14 heavy (non-hydrogen) atoms. The molecule has 1 atom stereocenters. The van der Waals surface area contributed by atoms with E-state index < -0.39 is 0 Å². The number of likely N-dealkylation sites (N-methyl/N-ethyl adjacent to an activating group) is 1. The zero-order valence-electron chi connectivity index (χ0n) is 10.1. The van der Waals surface area contributed by atoms with Crippen LogP contribution in [0.25, 0.3) is 0 Å². The summed E-state index contributed by atoms with van der Waals surface area (Å²) < 4.78 is 0. The molecule has 0 aromatic heterocycles. The van der Waals surface area contributed by atoms with Crippen molar-refractivity contribution in [1.29, 1.82) is 0 Å². The fourth-order valence-corrected chi connectivity index (χ4v) is 2.32. The number of nitrogens with zero attached hydrogens (tertiary/aromatic N) is 1. The van der Waals surface area contributed by atoms with Gasteiger partial charge in [0.1, 0.15) is 0 Å². The molecule has 1 aliphatic carbocycles. The van der Waals surface area contributed by atoms with Gasteiger partial charge >= 0.3 is 0 Å². The Balaban J connectivity index is 2.44. The highest BCUT2D eigenvalue weighted by atomic mass is 15.2. The molecular weight excluding hydrogens is 172 g/mol. The SMILES string of the molecule is CCCN(C)C(C)(CN)CC1CCC1. The highest BCUT2D eigenvalue weighted by Crippen LogP contribution is 2.35. The topological polar surface area (TPSA) is 29.3 Å². The summed E-state index contributed by atoms with van der Waals surface area (Å²) in [5.74, 6) is 0.947. The minimum Gasteiger partial charge on any atom is -0.329 e. The lowest BCUT2D eigenvalue weighted by atomic mass is 9.76. The Bertz CT molecular complexity index is 166. The minimum atomic E-state index is 0.237. The standard InChI is InChI=1S/C12H26N2/c1-4-8-14(3)12(2,10-13)9-11-6-5-7-11/h11H,4-10,13H2,1-3H3. The van der Waals surface area contributed by atoms with Crippen molar-refractivity contribution < 1.29 is 0 Å². The van der Waals surface area contributed by atoms with Crippen LogP contribution in [0.15, 0.2) is 0 Å². The second-order valence-corrected chi connectivity index (χ2v) is 5.12. The molecule has 2 N–H and O–H groups in total.